The Balaban J connectivity index is 1.71. The number of sulfone groups is 1. The van der Waals surface area contributed by atoms with Crippen LogP contribution < -0.4 is 0 Å². The molecule has 0 atom stereocenters. The lowest BCUT2D eigenvalue weighted by Crippen LogP contribution is -1.98. The van der Waals surface area contributed by atoms with Crippen LogP contribution in [0.2, 0.25) is 0 Å². The van der Waals surface area contributed by atoms with E-state index in [9.17, 15) is 8.42 Å². The summed E-state index contributed by atoms with van der Waals surface area (Å²) in [5.74, 6) is 0.748. The van der Waals surface area contributed by atoms with E-state index in [4.69, 9.17) is 4.52 Å². The molecule has 0 unspecified atom stereocenters. The molecule has 2 aromatic heterocycles. The summed E-state index contributed by atoms with van der Waals surface area (Å²) in [6.45, 7) is 1.82. The van der Waals surface area contributed by atoms with Crippen molar-refractivity contribution in [3.8, 4) is 34.2 Å². The van der Waals surface area contributed by atoms with Gasteiger partial charge in [0.1, 0.15) is 5.69 Å². The molecule has 4 aromatic rings. The van der Waals surface area contributed by atoms with Crippen molar-refractivity contribution < 1.29 is 12.9 Å². The molecule has 28 heavy (non-hydrogen) atoms. The molecule has 2 heterocycles. The summed E-state index contributed by atoms with van der Waals surface area (Å²) in [6.07, 6.45) is 2.80. The Kier molecular flexibility index (Phi) is 4.48. The van der Waals surface area contributed by atoms with Crippen LogP contribution in [0.3, 0.4) is 0 Å². The standard InChI is InChI=1S/C20H16N4O3S/c1-13-18(19-23-20(27-24-19)15-6-4-3-5-7-15)22-17(12-21-13)14-8-10-16(11-9-14)28(2,25)26/h3-12H,1-2H3. The topological polar surface area (TPSA) is 98.8 Å². The molecule has 0 fully saturated rings. The van der Waals surface area contributed by atoms with Crippen molar-refractivity contribution in [2.75, 3.05) is 6.26 Å². The molecule has 140 valence electrons. The minimum Gasteiger partial charge on any atom is -0.334 e. The van der Waals surface area contributed by atoms with E-state index in [2.05, 4.69) is 20.1 Å². The van der Waals surface area contributed by atoms with Crippen LogP contribution in [0.15, 0.2) is 70.2 Å². The molecular formula is C20H16N4O3S. The highest BCUT2D eigenvalue weighted by Crippen LogP contribution is 2.25. The Morgan fingerprint density at radius 2 is 1.61 bits per heavy atom. The van der Waals surface area contributed by atoms with Gasteiger partial charge in [0.05, 0.1) is 22.5 Å². The molecule has 0 bridgehead atoms. The Bertz CT molecular complexity index is 1230. The van der Waals surface area contributed by atoms with Gasteiger partial charge in [0, 0.05) is 17.4 Å². The Morgan fingerprint density at radius 3 is 2.29 bits per heavy atom. The highest BCUT2D eigenvalue weighted by atomic mass is 32.2. The van der Waals surface area contributed by atoms with Crippen molar-refractivity contribution in [2.24, 2.45) is 0 Å². The van der Waals surface area contributed by atoms with Gasteiger partial charge in [0.25, 0.3) is 5.89 Å². The molecule has 0 aliphatic carbocycles. The first-order valence-electron chi connectivity index (χ1n) is 8.45. The quantitative estimate of drug-likeness (QED) is 0.523. The van der Waals surface area contributed by atoms with Crippen LogP contribution in [0.4, 0.5) is 0 Å². The molecule has 2 aromatic carbocycles. The van der Waals surface area contributed by atoms with Crippen molar-refractivity contribution in [2.45, 2.75) is 11.8 Å². The summed E-state index contributed by atoms with van der Waals surface area (Å²) in [5, 5.41) is 4.04. The lowest BCUT2D eigenvalue weighted by Gasteiger charge is -2.05. The first-order chi connectivity index (χ1) is 13.4. The van der Waals surface area contributed by atoms with Gasteiger partial charge in [0.2, 0.25) is 5.82 Å². The van der Waals surface area contributed by atoms with Gasteiger partial charge in [-0.3, -0.25) is 4.98 Å². The van der Waals surface area contributed by atoms with E-state index in [0.717, 1.165) is 11.1 Å². The summed E-state index contributed by atoms with van der Waals surface area (Å²) >= 11 is 0. The van der Waals surface area contributed by atoms with E-state index < -0.39 is 9.84 Å². The van der Waals surface area contributed by atoms with Gasteiger partial charge in [-0.25, -0.2) is 13.4 Å². The third kappa shape index (κ3) is 3.54. The maximum atomic E-state index is 11.6. The Labute approximate surface area is 162 Å². The van der Waals surface area contributed by atoms with E-state index >= 15 is 0 Å². The first-order valence-corrected chi connectivity index (χ1v) is 10.3. The van der Waals surface area contributed by atoms with E-state index in [0.29, 0.717) is 28.8 Å². The van der Waals surface area contributed by atoms with Gasteiger partial charge in [-0.05, 0) is 31.2 Å². The summed E-state index contributed by atoms with van der Waals surface area (Å²) in [4.78, 5) is 13.7. The minimum absolute atomic E-state index is 0.252. The highest BCUT2D eigenvalue weighted by molar-refractivity contribution is 7.90. The second-order valence-electron chi connectivity index (χ2n) is 6.27. The molecule has 8 heteroatoms. The molecule has 0 N–H and O–H groups in total. The molecule has 0 saturated heterocycles. The van der Waals surface area contributed by atoms with Crippen molar-refractivity contribution >= 4 is 9.84 Å². The fraction of sp³-hybridized carbons (Fsp3) is 0.100. The molecular weight excluding hydrogens is 376 g/mol. The monoisotopic (exact) mass is 392 g/mol. The SMILES string of the molecule is Cc1ncc(-c2ccc(S(C)(=O)=O)cc2)nc1-c1noc(-c2ccccc2)n1. The maximum absolute atomic E-state index is 11.6. The average Bonchev–Trinajstić information content (AvgIpc) is 3.18. The largest absolute Gasteiger partial charge is 0.334 e. The molecule has 0 amide bonds. The Hall–Kier alpha value is -3.39. The fourth-order valence-electron chi connectivity index (χ4n) is 2.69. The van der Waals surface area contributed by atoms with Crippen molar-refractivity contribution in [3.05, 3.63) is 66.5 Å². The van der Waals surface area contributed by atoms with E-state index in [-0.39, 0.29) is 4.90 Å². The Morgan fingerprint density at radius 1 is 0.893 bits per heavy atom. The van der Waals surface area contributed by atoms with Crippen LogP contribution in [-0.4, -0.2) is 34.8 Å². The normalized spacial score (nSPS) is 11.5. The maximum Gasteiger partial charge on any atom is 0.258 e. The zero-order chi connectivity index (χ0) is 19.7. The van der Waals surface area contributed by atoms with Gasteiger partial charge in [-0.15, -0.1) is 0 Å². The zero-order valence-corrected chi connectivity index (χ0v) is 16.0. The van der Waals surface area contributed by atoms with Gasteiger partial charge >= 0.3 is 0 Å². The number of hydrogen-bond donors (Lipinski definition) is 0. The van der Waals surface area contributed by atoms with E-state index in [1.165, 1.54) is 6.26 Å². The van der Waals surface area contributed by atoms with Crippen LogP contribution in [0, 0.1) is 6.92 Å². The summed E-state index contributed by atoms with van der Waals surface area (Å²) in [6, 6.07) is 16.0. The lowest BCUT2D eigenvalue weighted by atomic mass is 10.1. The number of rotatable bonds is 4. The smallest absolute Gasteiger partial charge is 0.258 e. The predicted octanol–water partition coefficient (Wildman–Crippen LogP) is 3.57. The van der Waals surface area contributed by atoms with E-state index in [1.54, 1.807) is 30.5 Å². The summed E-state index contributed by atoms with van der Waals surface area (Å²) in [7, 11) is -3.25. The van der Waals surface area contributed by atoms with Crippen LogP contribution in [0.25, 0.3) is 34.2 Å². The van der Waals surface area contributed by atoms with Gasteiger partial charge in [-0.1, -0.05) is 35.5 Å². The van der Waals surface area contributed by atoms with Crippen molar-refractivity contribution in [3.63, 3.8) is 0 Å². The third-order valence-electron chi connectivity index (χ3n) is 4.19. The number of nitrogens with zero attached hydrogens (tertiary/aromatic N) is 4. The zero-order valence-electron chi connectivity index (χ0n) is 15.2. The number of benzene rings is 2. The van der Waals surface area contributed by atoms with Crippen molar-refractivity contribution in [1.82, 2.24) is 20.1 Å². The second kappa shape index (κ2) is 6.97. The second-order valence-corrected chi connectivity index (χ2v) is 8.29. The van der Waals surface area contributed by atoms with Gasteiger partial charge < -0.3 is 4.52 Å². The van der Waals surface area contributed by atoms with Crippen molar-refractivity contribution in [1.29, 1.82) is 0 Å². The highest BCUT2D eigenvalue weighted by Gasteiger charge is 2.16. The predicted molar refractivity (Wildman–Crippen MR) is 104 cm³/mol. The molecule has 0 aliphatic rings. The first kappa shape index (κ1) is 18.0. The third-order valence-corrected chi connectivity index (χ3v) is 5.32. The fourth-order valence-corrected chi connectivity index (χ4v) is 3.32. The van der Waals surface area contributed by atoms with Gasteiger partial charge in [0.15, 0.2) is 9.84 Å². The van der Waals surface area contributed by atoms with Crippen LogP contribution >= 0.6 is 0 Å². The van der Waals surface area contributed by atoms with Gasteiger partial charge in [-0.2, -0.15) is 4.98 Å². The molecule has 0 spiro atoms. The molecule has 7 nitrogen and oxygen atoms in total. The molecule has 0 aliphatic heterocycles. The molecule has 4 rings (SSSR count). The molecule has 0 radical (unpaired) electrons. The minimum atomic E-state index is -3.25. The molecule has 0 saturated carbocycles. The van der Waals surface area contributed by atoms with Crippen LogP contribution in [-0.2, 0) is 9.84 Å². The summed E-state index contributed by atoms with van der Waals surface area (Å²) in [5.41, 5.74) is 3.33. The number of aromatic nitrogens is 4. The number of aryl methyl sites for hydroxylation is 1. The number of hydrogen-bond acceptors (Lipinski definition) is 7. The van der Waals surface area contributed by atoms with E-state index in [1.807, 2.05) is 37.3 Å². The lowest BCUT2D eigenvalue weighted by molar-refractivity contribution is 0.432. The van der Waals surface area contributed by atoms with Crippen LogP contribution in [0.1, 0.15) is 5.69 Å². The average molecular weight is 392 g/mol. The van der Waals surface area contributed by atoms with Crippen LogP contribution in [0.5, 0.6) is 0 Å². The summed E-state index contributed by atoms with van der Waals surface area (Å²) < 4.78 is 28.6.